The molecule has 1 amide bonds. The second-order valence-electron chi connectivity index (χ2n) is 4.80. The molecule has 0 aliphatic rings. The summed E-state index contributed by atoms with van der Waals surface area (Å²) in [6.45, 7) is 9.33. The molecule has 0 spiro atoms. The summed E-state index contributed by atoms with van der Waals surface area (Å²) in [5.41, 5.74) is 0. The molecular formula is C12H24N2O3. The van der Waals surface area contributed by atoms with Gasteiger partial charge in [0.15, 0.2) is 0 Å². The zero-order chi connectivity index (χ0) is 13.6. The van der Waals surface area contributed by atoms with E-state index in [9.17, 15) is 9.59 Å². The predicted octanol–water partition coefficient (Wildman–Crippen LogP) is 0.687. The number of carbonyl (C=O) groups excluding carboxylic acids is 2. The Hall–Kier alpha value is -1.10. The molecule has 0 radical (unpaired) electrons. The Kier molecular flexibility index (Phi) is 6.80. The van der Waals surface area contributed by atoms with Crippen LogP contribution in [0.25, 0.3) is 0 Å². The van der Waals surface area contributed by atoms with Crippen LogP contribution < -0.4 is 10.6 Å². The highest BCUT2D eigenvalue weighted by Crippen LogP contribution is 2.05. The Bertz CT molecular complexity index is 264. The average Bonchev–Trinajstić information content (AvgIpc) is 2.22. The number of methoxy groups -OCH3 is 1. The molecule has 0 rings (SSSR count). The summed E-state index contributed by atoms with van der Waals surface area (Å²) in [5, 5.41) is 5.78. The fourth-order valence-corrected chi connectivity index (χ4v) is 1.41. The summed E-state index contributed by atoms with van der Waals surface area (Å²) in [5.74, 6) is -0.393. The molecule has 0 saturated heterocycles. The van der Waals surface area contributed by atoms with E-state index in [-0.39, 0.29) is 23.8 Å². The van der Waals surface area contributed by atoms with Crippen LogP contribution in [0.3, 0.4) is 0 Å². The first kappa shape index (κ1) is 15.9. The minimum absolute atomic E-state index is 0.0664. The Balaban J connectivity index is 4.45. The fraction of sp³-hybridized carbons (Fsp3) is 0.833. The Labute approximate surface area is 103 Å². The largest absolute Gasteiger partial charge is 0.468 e. The molecule has 0 aromatic rings. The summed E-state index contributed by atoms with van der Waals surface area (Å²) < 4.78 is 4.70. The lowest BCUT2D eigenvalue weighted by Crippen LogP contribution is -2.52. The number of hydrogen-bond acceptors (Lipinski definition) is 4. The van der Waals surface area contributed by atoms with Gasteiger partial charge in [0, 0.05) is 6.04 Å². The van der Waals surface area contributed by atoms with Gasteiger partial charge < -0.3 is 10.1 Å². The molecule has 100 valence electrons. The van der Waals surface area contributed by atoms with Crippen molar-refractivity contribution in [3.8, 4) is 0 Å². The van der Waals surface area contributed by atoms with Crippen molar-refractivity contribution in [2.75, 3.05) is 7.11 Å². The smallest absolute Gasteiger partial charge is 0.323 e. The summed E-state index contributed by atoms with van der Waals surface area (Å²) in [7, 11) is 1.35. The van der Waals surface area contributed by atoms with E-state index in [2.05, 4.69) is 10.6 Å². The third-order valence-electron chi connectivity index (χ3n) is 2.38. The molecule has 0 aromatic carbocycles. The molecule has 0 fully saturated rings. The van der Waals surface area contributed by atoms with Crippen LogP contribution in [0.4, 0.5) is 0 Å². The maximum atomic E-state index is 11.7. The lowest BCUT2D eigenvalue weighted by atomic mass is 10.0. The highest BCUT2D eigenvalue weighted by molar-refractivity contribution is 5.83. The van der Waals surface area contributed by atoms with Crippen LogP contribution in [0.5, 0.6) is 0 Å². The molecule has 0 aromatic heterocycles. The van der Waals surface area contributed by atoms with Gasteiger partial charge in [-0.05, 0) is 26.7 Å². The van der Waals surface area contributed by atoms with Gasteiger partial charge in [-0.1, -0.05) is 13.8 Å². The molecule has 0 heterocycles. The van der Waals surface area contributed by atoms with Crippen molar-refractivity contribution < 1.29 is 14.3 Å². The monoisotopic (exact) mass is 244 g/mol. The van der Waals surface area contributed by atoms with Crippen LogP contribution in [-0.4, -0.2) is 37.1 Å². The summed E-state index contributed by atoms with van der Waals surface area (Å²) in [4.78, 5) is 23.2. The van der Waals surface area contributed by atoms with Gasteiger partial charge in [-0.2, -0.15) is 0 Å². The molecular weight excluding hydrogens is 220 g/mol. The van der Waals surface area contributed by atoms with Crippen molar-refractivity contribution in [3.63, 3.8) is 0 Å². The van der Waals surface area contributed by atoms with Crippen LogP contribution in [0.1, 0.15) is 34.6 Å². The highest BCUT2D eigenvalue weighted by atomic mass is 16.5. The molecule has 0 bridgehead atoms. The second-order valence-corrected chi connectivity index (χ2v) is 4.80. The van der Waals surface area contributed by atoms with Gasteiger partial charge in [0.05, 0.1) is 13.2 Å². The predicted molar refractivity (Wildman–Crippen MR) is 66.5 cm³/mol. The topological polar surface area (TPSA) is 67.4 Å². The quantitative estimate of drug-likeness (QED) is 0.674. The average molecular weight is 244 g/mol. The fourth-order valence-electron chi connectivity index (χ4n) is 1.41. The molecule has 2 atom stereocenters. The molecule has 2 unspecified atom stereocenters. The maximum Gasteiger partial charge on any atom is 0.323 e. The maximum absolute atomic E-state index is 11.7. The molecule has 5 nitrogen and oxygen atoms in total. The van der Waals surface area contributed by atoms with Gasteiger partial charge in [-0.15, -0.1) is 0 Å². The van der Waals surface area contributed by atoms with E-state index in [1.807, 2.05) is 27.7 Å². The summed E-state index contributed by atoms with van der Waals surface area (Å²) in [6, 6.07) is -0.806. The van der Waals surface area contributed by atoms with Crippen molar-refractivity contribution in [3.05, 3.63) is 0 Å². The number of ether oxygens (including phenoxy) is 1. The Morgan fingerprint density at radius 1 is 1.06 bits per heavy atom. The Morgan fingerprint density at radius 3 is 1.94 bits per heavy atom. The van der Waals surface area contributed by atoms with Crippen LogP contribution in [0.2, 0.25) is 0 Å². The van der Waals surface area contributed by atoms with E-state index in [0.29, 0.717) is 0 Å². The van der Waals surface area contributed by atoms with Gasteiger partial charge in [0.25, 0.3) is 0 Å². The molecule has 5 heteroatoms. The second kappa shape index (κ2) is 7.27. The van der Waals surface area contributed by atoms with Crippen LogP contribution >= 0.6 is 0 Å². The minimum atomic E-state index is -0.465. The van der Waals surface area contributed by atoms with Crippen molar-refractivity contribution in [1.82, 2.24) is 10.6 Å². The van der Waals surface area contributed by atoms with E-state index in [1.165, 1.54) is 7.11 Å². The molecule has 0 aliphatic heterocycles. The van der Waals surface area contributed by atoms with Crippen LogP contribution in [0, 0.1) is 5.92 Å². The van der Waals surface area contributed by atoms with Gasteiger partial charge >= 0.3 is 5.97 Å². The first-order chi connectivity index (χ1) is 7.79. The van der Waals surface area contributed by atoms with Crippen molar-refractivity contribution in [2.24, 2.45) is 5.92 Å². The first-order valence-corrected chi connectivity index (χ1v) is 5.93. The SMILES string of the molecule is COC(=O)C(NC(C)C(=O)NC(C)C)C(C)C. The van der Waals surface area contributed by atoms with E-state index in [0.717, 1.165) is 0 Å². The zero-order valence-corrected chi connectivity index (χ0v) is 11.5. The van der Waals surface area contributed by atoms with Crippen molar-refractivity contribution in [1.29, 1.82) is 0 Å². The normalized spacial score (nSPS) is 14.6. The number of amides is 1. The number of rotatable bonds is 6. The minimum Gasteiger partial charge on any atom is -0.468 e. The number of hydrogen-bond donors (Lipinski definition) is 2. The van der Waals surface area contributed by atoms with E-state index >= 15 is 0 Å². The first-order valence-electron chi connectivity index (χ1n) is 5.93. The number of carbonyl (C=O) groups is 2. The van der Waals surface area contributed by atoms with E-state index in [1.54, 1.807) is 6.92 Å². The van der Waals surface area contributed by atoms with Crippen LogP contribution in [-0.2, 0) is 14.3 Å². The molecule has 0 saturated carbocycles. The molecule has 2 N–H and O–H groups in total. The third-order valence-corrected chi connectivity index (χ3v) is 2.38. The Morgan fingerprint density at radius 2 is 1.59 bits per heavy atom. The molecule has 0 aliphatic carbocycles. The zero-order valence-electron chi connectivity index (χ0n) is 11.5. The summed E-state index contributed by atoms with van der Waals surface area (Å²) >= 11 is 0. The highest BCUT2D eigenvalue weighted by Gasteiger charge is 2.26. The van der Waals surface area contributed by atoms with E-state index in [4.69, 9.17) is 4.74 Å². The lowest BCUT2D eigenvalue weighted by Gasteiger charge is -2.24. The van der Waals surface area contributed by atoms with E-state index < -0.39 is 12.1 Å². The standard InChI is InChI=1S/C12H24N2O3/c1-7(2)10(12(16)17-6)14-9(5)11(15)13-8(3)4/h7-10,14H,1-6H3,(H,13,15). The molecule has 17 heavy (non-hydrogen) atoms. The van der Waals surface area contributed by atoms with Crippen molar-refractivity contribution in [2.45, 2.75) is 52.7 Å². The van der Waals surface area contributed by atoms with Gasteiger partial charge in [-0.3, -0.25) is 14.9 Å². The van der Waals surface area contributed by atoms with Gasteiger partial charge in [-0.25, -0.2) is 0 Å². The summed E-state index contributed by atoms with van der Waals surface area (Å²) in [6.07, 6.45) is 0. The van der Waals surface area contributed by atoms with Gasteiger partial charge in [0.2, 0.25) is 5.91 Å². The number of esters is 1. The third kappa shape index (κ3) is 5.68. The van der Waals surface area contributed by atoms with Crippen LogP contribution in [0.15, 0.2) is 0 Å². The lowest BCUT2D eigenvalue weighted by molar-refractivity contribution is -0.144. The number of nitrogens with one attached hydrogen (secondary N) is 2. The van der Waals surface area contributed by atoms with Crippen molar-refractivity contribution >= 4 is 11.9 Å². The van der Waals surface area contributed by atoms with Gasteiger partial charge in [0.1, 0.15) is 6.04 Å².